The van der Waals surface area contributed by atoms with E-state index >= 15 is 0 Å². The van der Waals surface area contributed by atoms with Crippen molar-refractivity contribution >= 4 is 57.7 Å². The van der Waals surface area contributed by atoms with E-state index in [1.165, 1.54) is 23.8 Å². The van der Waals surface area contributed by atoms with Crippen LogP contribution in [0.15, 0.2) is 21.8 Å². The van der Waals surface area contributed by atoms with Gasteiger partial charge in [0.15, 0.2) is 10.8 Å². The fraction of sp³-hybridized carbons (Fsp3) is 0.565. The van der Waals surface area contributed by atoms with Crippen LogP contribution in [-0.4, -0.2) is 83.1 Å². The van der Waals surface area contributed by atoms with E-state index in [0.29, 0.717) is 24.4 Å². The number of aromatic nitrogens is 1. The van der Waals surface area contributed by atoms with Crippen molar-refractivity contribution in [3.05, 3.63) is 22.3 Å². The second kappa shape index (κ2) is 11.3. The first kappa shape index (κ1) is 27.9. The van der Waals surface area contributed by atoms with Crippen molar-refractivity contribution in [1.29, 1.82) is 0 Å². The van der Waals surface area contributed by atoms with Crippen LogP contribution in [0.2, 0.25) is 0 Å². The first-order valence-corrected chi connectivity index (χ1v) is 13.7. The molecule has 4 rings (SSSR count). The van der Waals surface area contributed by atoms with Gasteiger partial charge in [-0.1, -0.05) is 5.16 Å². The second-order valence-corrected chi connectivity index (χ2v) is 11.7. The van der Waals surface area contributed by atoms with Crippen LogP contribution in [0.1, 0.15) is 39.3 Å². The molecule has 15 heteroatoms. The van der Waals surface area contributed by atoms with Crippen LogP contribution in [0.4, 0.5) is 5.13 Å². The highest BCUT2D eigenvalue weighted by atomic mass is 32.2. The van der Waals surface area contributed by atoms with Gasteiger partial charge in [0.1, 0.15) is 29.9 Å². The van der Waals surface area contributed by atoms with Gasteiger partial charge in [-0.2, -0.15) is 0 Å². The molecule has 0 aromatic carbocycles. The number of fused-ring (bicyclic) bond motifs is 1. The van der Waals surface area contributed by atoms with Crippen LogP contribution in [0.25, 0.3) is 0 Å². The summed E-state index contributed by atoms with van der Waals surface area (Å²) in [5, 5.41) is 7.63. The number of rotatable bonds is 8. The van der Waals surface area contributed by atoms with Gasteiger partial charge in [0.05, 0.1) is 11.5 Å². The molecule has 0 bridgehead atoms. The topological polar surface area (TPSA) is 172 Å². The molecule has 38 heavy (non-hydrogen) atoms. The molecule has 0 radical (unpaired) electrons. The third kappa shape index (κ3) is 5.63. The van der Waals surface area contributed by atoms with E-state index in [4.69, 9.17) is 24.8 Å². The Labute approximate surface area is 227 Å². The average Bonchev–Trinajstić information content (AvgIpc) is 3.56. The number of β-lactam (4-membered cyclic amide) rings is 1. The van der Waals surface area contributed by atoms with Gasteiger partial charge >= 0.3 is 11.9 Å². The number of carbonyl (C=O) groups excluding carboxylic acids is 4. The zero-order chi connectivity index (χ0) is 27.6. The minimum Gasteiger partial charge on any atom is -0.427 e. The maximum Gasteiger partial charge on any atom is 0.358 e. The first-order chi connectivity index (χ1) is 18.0. The van der Waals surface area contributed by atoms with E-state index in [1.807, 2.05) is 0 Å². The van der Waals surface area contributed by atoms with Crippen LogP contribution < -0.4 is 11.1 Å². The summed E-state index contributed by atoms with van der Waals surface area (Å²) in [5.74, 6) is -2.13. The maximum absolute atomic E-state index is 13.3. The summed E-state index contributed by atoms with van der Waals surface area (Å²) in [6.07, 6.45) is 1.19. The lowest BCUT2D eigenvalue weighted by molar-refractivity contribution is -0.173. The van der Waals surface area contributed by atoms with E-state index < -0.39 is 47.4 Å². The Balaban J connectivity index is 1.50. The van der Waals surface area contributed by atoms with E-state index in [1.54, 1.807) is 26.2 Å². The lowest BCUT2D eigenvalue weighted by atomic mass is 9.98. The SMILES string of the molecule is CO/N=C(\C(=O)N[C@@H]1C(=O)N2C(C(=O)OCOC(=O)C(C)(C)C)=C(C3CCCO3)CS[C@H]12)c1csc(N)n1. The summed E-state index contributed by atoms with van der Waals surface area (Å²) in [4.78, 5) is 61.6. The second-order valence-electron chi connectivity index (χ2n) is 9.66. The number of thiazole rings is 1. The predicted molar refractivity (Wildman–Crippen MR) is 138 cm³/mol. The molecule has 4 heterocycles. The highest BCUT2D eigenvalue weighted by molar-refractivity contribution is 8.00. The molecule has 3 atom stereocenters. The smallest absolute Gasteiger partial charge is 0.358 e. The number of nitrogens with two attached hydrogens (primary N) is 1. The molecule has 3 aliphatic heterocycles. The molecular weight excluding hydrogens is 538 g/mol. The van der Waals surface area contributed by atoms with Crippen LogP contribution in [0.3, 0.4) is 0 Å². The average molecular weight is 568 g/mol. The third-order valence-electron chi connectivity index (χ3n) is 5.95. The number of oxime groups is 1. The number of nitrogens with one attached hydrogen (secondary N) is 1. The van der Waals surface area contributed by atoms with Crippen molar-refractivity contribution in [3.8, 4) is 0 Å². The van der Waals surface area contributed by atoms with Gasteiger partial charge in [-0.25, -0.2) is 9.78 Å². The van der Waals surface area contributed by atoms with Crippen molar-refractivity contribution in [1.82, 2.24) is 15.2 Å². The Morgan fingerprint density at radius 3 is 2.68 bits per heavy atom. The summed E-state index contributed by atoms with van der Waals surface area (Å²) < 4.78 is 16.1. The number of carbonyl (C=O) groups is 4. The van der Waals surface area contributed by atoms with E-state index in [0.717, 1.165) is 17.8 Å². The van der Waals surface area contributed by atoms with Gasteiger partial charge in [0.25, 0.3) is 11.8 Å². The first-order valence-electron chi connectivity index (χ1n) is 11.8. The zero-order valence-electron chi connectivity index (χ0n) is 21.3. The van der Waals surface area contributed by atoms with Gasteiger partial charge in [-0.15, -0.1) is 23.1 Å². The Morgan fingerprint density at radius 1 is 1.32 bits per heavy atom. The van der Waals surface area contributed by atoms with E-state index in [9.17, 15) is 19.2 Å². The zero-order valence-corrected chi connectivity index (χ0v) is 23.0. The van der Waals surface area contributed by atoms with Crippen molar-refractivity contribution in [2.45, 2.75) is 51.1 Å². The lowest BCUT2D eigenvalue weighted by Crippen LogP contribution is -2.71. The van der Waals surface area contributed by atoms with Crippen molar-refractivity contribution < 1.29 is 38.2 Å². The summed E-state index contributed by atoms with van der Waals surface area (Å²) in [6, 6.07) is -0.932. The number of hydrogen-bond acceptors (Lipinski definition) is 13. The third-order valence-corrected chi connectivity index (χ3v) is 7.93. The summed E-state index contributed by atoms with van der Waals surface area (Å²) in [5.41, 5.74) is 5.67. The number of esters is 2. The number of amides is 2. The number of ether oxygens (including phenoxy) is 3. The standard InChI is InChI=1S/C23H29N5O8S2/c1-23(2,3)21(32)36-10-35-20(31)16-11(13-6-5-7-34-13)8-37-19-15(18(30)28(16)19)26-17(29)14(27-33-4)12-9-38-22(24)25-12/h9,13,15,19H,5-8,10H2,1-4H3,(H2,24,25)(H,26,29)/b27-14-/t13?,15-,19-/m1/s1. The number of thioether (sulfide) groups is 1. The molecule has 2 amide bonds. The van der Waals surface area contributed by atoms with Gasteiger partial charge < -0.3 is 30.1 Å². The molecule has 1 aromatic heterocycles. The molecule has 1 aromatic rings. The molecule has 13 nitrogen and oxygen atoms in total. The van der Waals surface area contributed by atoms with Crippen LogP contribution in [0.5, 0.6) is 0 Å². The molecule has 0 aliphatic carbocycles. The molecule has 1 unspecified atom stereocenters. The van der Waals surface area contributed by atoms with Gasteiger partial charge in [-0.3, -0.25) is 19.3 Å². The van der Waals surface area contributed by atoms with Crippen LogP contribution in [-0.2, 0) is 38.2 Å². The number of anilines is 1. The molecule has 2 fully saturated rings. The summed E-state index contributed by atoms with van der Waals surface area (Å²) in [6.45, 7) is 4.99. The van der Waals surface area contributed by atoms with Gasteiger partial charge in [0, 0.05) is 17.7 Å². The Morgan fingerprint density at radius 2 is 2.08 bits per heavy atom. The fourth-order valence-electron chi connectivity index (χ4n) is 4.05. The molecule has 2 saturated heterocycles. The van der Waals surface area contributed by atoms with Crippen molar-refractivity contribution in [2.24, 2.45) is 10.6 Å². The molecule has 0 saturated carbocycles. The molecule has 3 N–H and O–H groups in total. The molecule has 206 valence electrons. The highest BCUT2D eigenvalue weighted by Crippen LogP contribution is 2.43. The Bertz CT molecular complexity index is 1180. The number of nitrogens with zero attached hydrogens (tertiary/aromatic N) is 3. The quantitative estimate of drug-likeness (QED) is 0.151. The number of nitrogen functional groups attached to an aromatic ring is 1. The highest BCUT2D eigenvalue weighted by Gasteiger charge is 2.55. The maximum atomic E-state index is 13.3. The van der Waals surface area contributed by atoms with Crippen LogP contribution in [0, 0.1) is 5.41 Å². The summed E-state index contributed by atoms with van der Waals surface area (Å²) >= 11 is 2.52. The van der Waals surface area contributed by atoms with Crippen molar-refractivity contribution in [3.63, 3.8) is 0 Å². The minimum atomic E-state index is -0.932. The van der Waals surface area contributed by atoms with E-state index in [-0.39, 0.29) is 28.3 Å². The van der Waals surface area contributed by atoms with Crippen molar-refractivity contribution in [2.75, 3.05) is 32.0 Å². The van der Waals surface area contributed by atoms with Gasteiger partial charge in [-0.05, 0) is 39.2 Å². The van der Waals surface area contributed by atoms with Crippen LogP contribution >= 0.6 is 23.1 Å². The minimum absolute atomic E-state index is 0.0565. The molecule has 3 aliphatic rings. The Kier molecular flexibility index (Phi) is 8.28. The monoisotopic (exact) mass is 567 g/mol. The van der Waals surface area contributed by atoms with Gasteiger partial charge in [0.2, 0.25) is 6.79 Å². The Hall–Kier alpha value is -3.17. The molecule has 0 spiro atoms. The molecular formula is C23H29N5O8S2. The fourth-order valence-corrected chi connectivity index (χ4v) is 6.01. The normalized spacial score (nSPS) is 23.5. The lowest BCUT2D eigenvalue weighted by Gasteiger charge is -2.50. The predicted octanol–water partition coefficient (Wildman–Crippen LogP) is 0.999. The summed E-state index contributed by atoms with van der Waals surface area (Å²) in [7, 11) is 1.28. The largest absolute Gasteiger partial charge is 0.427 e. The van der Waals surface area contributed by atoms with E-state index in [2.05, 4.69) is 15.5 Å². The number of hydrogen-bond donors (Lipinski definition) is 2.